The minimum Gasteiger partial charge on any atom is -0.507 e. The van der Waals surface area contributed by atoms with Crippen LogP contribution in [0.5, 0.6) is 11.5 Å². The smallest absolute Gasteiger partial charge is 0.308 e. The van der Waals surface area contributed by atoms with Crippen LogP contribution in [0.2, 0.25) is 0 Å². The molecule has 1 aliphatic rings. The Labute approximate surface area is 189 Å². The molecule has 1 unspecified atom stereocenters. The maximum Gasteiger partial charge on any atom is 0.308 e. The molecule has 4 rings (SSSR count). The molecule has 0 bridgehead atoms. The number of ketones is 1. The van der Waals surface area contributed by atoms with Crippen LogP contribution in [0.25, 0.3) is 5.76 Å². The molecule has 1 fully saturated rings. The Hall–Kier alpha value is -4.46. The first-order valence-corrected chi connectivity index (χ1v) is 10.0. The topological polar surface area (TPSA) is 106 Å². The van der Waals surface area contributed by atoms with E-state index >= 15 is 0 Å². The number of nitrogens with zero attached hydrogens (tertiary/aromatic N) is 2. The number of amides is 1. The summed E-state index contributed by atoms with van der Waals surface area (Å²) in [5.41, 5.74) is 1.32. The Bertz CT molecular complexity index is 1230. The summed E-state index contributed by atoms with van der Waals surface area (Å²) in [6, 6.07) is 15.3. The van der Waals surface area contributed by atoms with E-state index in [0.717, 1.165) is 0 Å². The van der Waals surface area contributed by atoms with Crippen molar-refractivity contribution in [2.75, 3.05) is 12.0 Å². The lowest BCUT2D eigenvalue weighted by atomic mass is 9.95. The zero-order valence-electron chi connectivity index (χ0n) is 17.9. The molecule has 33 heavy (non-hydrogen) atoms. The second-order valence-electron chi connectivity index (χ2n) is 7.27. The highest BCUT2D eigenvalue weighted by atomic mass is 16.5. The highest BCUT2D eigenvalue weighted by Gasteiger charge is 2.47. The third-order valence-electron chi connectivity index (χ3n) is 5.21. The van der Waals surface area contributed by atoms with Gasteiger partial charge in [0.25, 0.3) is 11.7 Å². The molecule has 2 heterocycles. The van der Waals surface area contributed by atoms with Crippen molar-refractivity contribution in [1.29, 1.82) is 0 Å². The van der Waals surface area contributed by atoms with Gasteiger partial charge in [0.2, 0.25) is 0 Å². The van der Waals surface area contributed by atoms with Gasteiger partial charge < -0.3 is 14.6 Å². The van der Waals surface area contributed by atoms with Crippen LogP contribution in [0.4, 0.5) is 5.69 Å². The number of carbonyl (C=O) groups is 3. The molecule has 0 saturated carbocycles. The van der Waals surface area contributed by atoms with Gasteiger partial charge in [-0.25, -0.2) is 0 Å². The second kappa shape index (κ2) is 8.96. The predicted molar refractivity (Wildman–Crippen MR) is 120 cm³/mol. The molecular weight excluding hydrogens is 424 g/mol. The minimum absolute atomic E-state index is 0.0535. The van der Waals surface area contributed by atoms with E-state index in [1.807, 2.05) is 0 Å². The number of pyridine rings is 1. The van der Waals surface area contributed by atoms with Gasteiger partial charge in [0, 0.05) is 30.6 Å². The van der Waals surface area contributed by atoms with Crippen LogP contribution in [-0.4, -0.2) is 34.9 Å². The quantitative estimate of drug-likeness (QED) is 0.211. The van der Waals surface area contributed by atoms with E-state index in [9.17, 15) is 19.5 Å². The lowest BCUT2D eigenvalue weighted by Crippen LogP contribution is -2.29. The lowest BCUT2D eigenvalue weighted by molar-refractivity contribution is -0.132. The number of anilines is 1. The van der Waals surface area contributed by atoms with Crippen LogP contribution in [-0.2, 0) is 14.4 Å². The molecule has 166 valence electrons. The van der Waals surface area contributed by atoms with Gasteiger partial charge in [0.1, 0.15) is 17.3 Å². The van der Waals surface area contributed by atoms with Gasteiger partial charge in [-0.05, 0) is 54.1 Å². The first-order valence-electron chi connectivity index (χ1n) is 10.0. The summed E-state index contributed by atoms with van der Waals surface area (Å²) < 4.78 is 10.3. The monoisotopic (exact) mass is 444 g/mol. The number of methoxy groups -OCH3 is 1. The predicted octanol–water partition coefficient (Wildman–Crippen LogP) is 3.64. The fraction of sp³-hybridized carbons (Fsp3) is 0.120. The van der Waals surface area contributed by atoms with E-state index in [1.54, 1.807) is 60.7 Å². The number of ether oxygens (including phenoxy) is 2. The van der Waals surface area contributed by atoms with Crippen LogP contribution in [0.3, 0.4) is 0 Å². The Morgan fingerprint density at radius 3 is 2.12 bits per heavy atom. The molecule has 8 nitrogen and oxygen atoms in total. The van der Waals surface area contributed by atoms with Crippen LogP contribution < -0.4 is 14.4 Å². The number of hydrogen-bond acceptors (Lipinski definition) is 7. The summed E-state index contributed by atoms with van der Waals surface area (Å²) in [7, 11) is 1.53. The first-order chi connectivity index (χ1) is 15.9. The Balaban J connectivity index is 1.87. The van der Waals surface area contributed by atoms with Gasteiger partial charge in [-0.3, -0.25) is 24.3 Å². The number of rotatable bonds is 5. The van der Waals surface area contributed by atoms with Crippen molar-refractivity contribution in [1.82, 2.24) is 4.98 Å². The van der Waals surface area contributed by atoms with Crippen molar-refractivity contribution >= 4 is 29.1 Å². The third-order valence-corrected chi connectivity index (χ3v) is 5.21. The third kappa shape index (κ3) is 4.18. The summed E-state index contributed by atoms with van der Waals surface area (Å²) >= 11 is 0. The molecule has 2 aromatic carbocycles. The molecule has 3 aromatic rings. The average Bonchev–Trinajstić information content (AvgIpc) is 3.10. The number of Topliss-reactive ketones (excluding diaryl/α,β-unsaturated/α-hetero) is 1. The summed E-state index contributed by atoms with van der Waals surface area (Å²) in [4.78, 5) is 42.7. The molecule has 0 spiro atoms. The molecule has 1 atom stereocenters. The van der Waals surface area contributed by atoms with Crippen molar-refractivity contribution in [2.24, 2.45) is 0 Å². The fourth-order valence-electron chi connectivity index (χ4n) is 3.71. The van der Waals surface area contributed by atoms with E-state index in [1.165, 1.54) is 31.3 Å². The van der Waals surface area contributed by atoms with Gasteiger partial charge in [0.15, 0.2) is 0 Å². The van der Waals surface area contributed by atoms with Gasteiger partial charge >= 0.3 is 5.97 Å². The van der Waals surface area contributed by atoms with Crippen molar-refractivity contribution in [3.05, 3.63) is 89.8 Å². The summed E-state index contributed by atoms with van der Waals surface area (Å²) in [6.07, 6.45) is 2.97. The number of esters is 1. The Morgan fingerprint density at radius 2 is 1.55 bits per heavy atom. The lowest BCUT2D eigenvalue weighted by Gasteiger charge is -2.25. The van der Waals surface area contributed by atoms with E-state index in [2.05, 4.69) is 4.98 Å². The van der Waals surface area contributed by atoms with Gasteiger partial charge in [-0.15, -0.1) is 0 Å². The van der Waals surface area contributed by atoms with E-state index in [4.69, 9.17) is 9.47 Å². The van der Waals surface area contributed by atoms with Crippen LogP contribution in [0.1, 0.15) is 24.1 Å². The molecule has 8 heteroatoms. The molecule has 1 aliphatic heterocycles. The standard InChI is InChI=1S/C25H20N2O6/c1-15(28)33-20-7-3-16(4-8-20)22-21(23(29)17-11-13-26-14-12-17)24(30)25(31)27(22)18-5-9-19(32-2)10-6-18/h3-14,22,29H,1-2H3/b23-21-. The molecule has 1 amide bonds. The number of hydrogen-bond donors (Lipinski definition) is 1. The molecule has 1 aromatic heterocycles. The highest BCUT2D eigenvalue weighted by molar-refractivity contribution is 6.51. The zero-order chi connectivity index (χ0) is 23.5. The van der Waals surface area contributed by atoms with Crippen molar-refractivity contribution < 1.29 is 29.0 Å². The van der Waals surface area contributed by atoms with Crippen LogP contribution in [0, 0.1) is 0 Å². The largest absolute Gasteiger partial charge is 0.507 e. The molecule has 0 radical (unpaired) electrons. The molecule has 0 aliphatic carbocycles. The molecule has 1 saturated heterocycles. The van der Waals surface area contributed by atoms with Crippen molar-refractivity contribution in [2.45, 2.75) is 13.0 Å². The minimum atomic E-state index is -0.905. The number of carbonyl (C=O) groups excluding carboxylic acids is 3. The van der Waals surface area contributed by atoms with Gasteiger partial charge in [-0.1, -0.05) is 12.1 Å². The SMILES string of the molecule is COc1ccc(N2C(=O)C(=O)/C(=C(\O)c3ccncc3)C2c2ccc(OC(C)=O)cc2)cc1. The maximum absolute atomic E-state index is 13.1. The number of aromatic nitrogens is 1. The number of aliphatic hydroxyl groups excluding tert-OH is 1. The molecular formula is C25H20N2O6. The van der Waals surface area contributed by atoms with Crippen LogP contribution >= 0.6 is 0 Å². The number of aliphatic hydroxyl groups is 1. The van der Waals surface area contributed by atoms with Crippen LogP contribution in [0.15, 0.2) is 78.6 Å². The van der Waals surface area contributed by atoms with Gasteiger partial charge in [0.05, 0.1) is 18.7 Å². The molecule has 1 N–H and O–H groups in total. The van der Waals surface area contributed by atoms with E-state index in [-0.39, 0.29) is 11.3 Å². The average molecular weight is 444 g/mol. The Morgan fingerprint density at radius 1 is 0.939 bits per heavy atom. The Kier molecular flexibility index (Phi) is 5.91. The zero-order valence-corrected chi connectivity index (χ0v) is 17.9. The highest BCUT2D eigenvalue weighted by Crippen LogP contribution is 2.42. The maximum atomic E-state index is 13.1. The van der Waals surface area contributed by atoms with Crippen molar-refractivity contribution in [3.63, 3.8) is 0 Å². The summed E-state index contributed by atoms with van der Waals surface area (Å²) in [5, 5.41) is 11.0. The first kappa shape index (κ1) is 21.8. The second-order valence-corrected chi connectivity index (χ2v) is 7.27. The van der Waals surface area contributed by atoms with E-state index in [0.29, 0.717) is 28.3 Å². The number of benzene rings is 2. The summed E-state index contributed by atoms with van der Waals surface area (Å²) in [6.45, 7) is 1.29. The fourth-order valence-corrected chi connectivity index (χ4v) is 3.71. The van der Waals surface area contributed by atoms with Crippen molar-refractivity contribution in [3.8, 4) is 11.5 Å². The van der Waals surface area contributed by atoms with E-state index < -0.39 is 23.7 Å². The normalized spacial score (nSPS) is 17.2. The van der Waals surface area contributed by atoms with Gasteiger partial charge in [-0.2, -0.15) is 0 Å². The summed E-state index contributed by atoms with van der Waals surface area (Å²) in [5.74, 6) is -1.44.